The first-order valence-electron chi connectivity index (χ1n) is 4.34. The summed E-state index contributed by atoms with van der Waals surface area (Å²) in [7, 11) is 0. The van der Waals surface area contributed by atoms with Crippen LogP contribution in [-0.2, 0) is 4.79 Å². The van der Waals surface area contributed by atoms with Crippen molar-refractivity contribution < 1.29 is 19.0 Å². The van der Waals surface area contributed by atoms with Gasteiger partial charge in [0.2, 0.25) is 3.49 Å². The Labute approximate surface area is 109 Å². The Kier molecular flexibility index (Phi) is 4.46. The van der Waals surface area contributed by atoms with Gasteiger partial charge in [0.1, 0.15) is 11.9 Å². The average Bonchev–Trinajstić information content (AvgIpc) is 2.15. The van der Waals surface area contributed by atoms with Crippen LogP contribution in [-0.4, -0.2) is 14.6 Å². The highest BCUT2D eigenvalue weighted by Gasteiger charge is 2.33. The molecule has 0 aliphatic heterocycles. The van der Waals surface area contributed by atoms with E-state index in [0.29, 0.717) is 11.3 Å². The van der Waals surface area contributed by atoms with Gasteiger partial charge in [-0.1, -0.05) is 12.1 Å². The first kappa shape index (κ1) is 13.6. The molecule has 1 aromatic rings. The second-order valence-corrected chi connectivity index (χ2v) is 6.48. The minimum atomic E-state index is -2.08. The summed E-state index contributed by atoms with van der Waals surface area (Å²) < 4.78 is 16.0. The van der Waals surface area contributed by atoms with Gasteiger partial charge in [0.25, 0.3) is 0 Å². The van der Waals surface area contributed by atoms with Crippen molar-refractivity contribution in [3.63, 3.8) is 0 Å². The summed E-state index contributed by atoms with van der Waals surface area (Å²) in [5, 5.41) is 9.55. The van der Waals surface area contributed by atoms with Crippen molar-refractivity contribution >= 4 is 37.8 Å². The van der Waals surface area contributed by atoms with Gasteiger partial charge in [0, 0.05) is 6.92 Å². The Balaban J connectivity index is 2.83. The molecule has 1 aromatic carbocycles. The average molecular weight is 356 g/mol. The number of halogens is 3. The normalized spacial score (nSPS) is 13.3. The van der Waals surface area contributed by atoms with E-state index in [0.717, 1.165) is 0 Å². The number of rotatable bonds is 3. The zero-order valence-electron chi connectivity index (χ0n) is 8.28. The second-order valence-electron chi connectivity index (χ2n) is 3.11. The lowest BCUT2D eigenvalue weighted by Gasteiger charge is -2.18. The summed E-state index contributed by atoms with van der Waals surface area (Å²) >= 11 is 5.31. The van der Waals surface area contributed by atoms with Crippen LogP contribution in [0.5, 0.6) is 5.75 Å². The summed E-state index contributed by atoms with van der Waals surface area (Å²) in [6.45, 7) is 1.28. The van der Waals surface area contributed by atoms with E-state index < -0.39 is 15.6 Å². The molecule has 0 saturated carbocycles. The number of carbonyl (C=O) groups excluding carboxylic acids is 1. The Morgan fingerprint density at radius 2 is 1.94 bits per heavy atom. The van der Waals surface area contributed by atoms with Crippen molar-refractivity contribution in [1.29, 1.82) is 0 Å². The topological polar surface area (TPSA) is 46.5 Å². The smallest absolute Gasteiger partial charge is 0.308 e. The zero-order valence-corrected chi connectivity index (χ0v) is 11.5. The third kappa shape index (κ3) is 3.84. The number of aliphatic hydroxyl groups is 1. The van der Waals surface area contributed by atoms with Crippen LogP contribution in [0.1, 0.15) is 18.6 Å². The minimum Gasteiger partial charge on any atom is -0.427 e. The molecular formula is C10H9Br2FO3. The molecule has 6 heteroatoms. The molecule has 0 amide bonds. The third-order valence-corrected chi connectivity index (χ3v) is 2.63. The molecule has 0 heterocycles. The molecule has 1 atom stereocenters. The molecule has 3 nitrogen and oxygen atoms in total. The number of aliphatic hydroxyl groups excluding tert-OH is 1. The van der Waals surface area contributed by atoms with E-state index in [9.17, 15) is 14.3 Å². The highest BCUT2D eigenvalue weighted by molar-refractivity contribution is 9.25. The van der Waals surface area contributed by atoms with Gasteiger partial charge >= 0.3 is 5.97 Å². The Bertz CT molecular complexity index is 373. The highest BCUT2D eigenvalue weighted by atomic mass is 79.9. The molecule has 88 valence electrons. The van der Waals surface area contributed by atoms with Crippen molar-refractivity contribution in [2.24, 2.45) is 0 Å². The number of alkyl halides is 3. The van der Waals surface area contributed by atoms with Crippen LogP contribution in [0.25, 0.3) is 0 Å². The SMILES string of the molecule is CC(=O)Oc1ccc(C(O)C(F)(Br)Br)cc1. The maximum absolute atomic E-state index is 13.3. The van der Waals surface area contributed by atoms with E-state index in [1.54, 1.807) is 0 Å². The Morgan fingerprint density at radius 3 is 2.31 bits per heavy atom. The fourth-order valence-corrected chi connectivity index (χ4v) is 1.60. The quantitative estimate of drug-likeness (QED) is 0.515. The Hall–Kier alpha value is -0.460. The molecule has 0 aliphatic rings. The van der Waals surface area contributed by atoms with Crippen molar-refractivity contribution in [3.8, 4) is 5.75 Å². The fourth-order valence-electron chi connectivity index (χ4n) is 1.07. The molecule has 0 radical (unpaired) electrons. The predicted octanol–water partition coefficient (Wildman–Crippen LogP) is 3.06. The van der Waals surface area contributed by atoms with Gasteiger partial charge in [0.15, 0.2) is 0 Å². The molecule has 1 N–H and O–H groups in total. The van der Waals surface area contributed by atoms with Gasteiger partial charge < -0.3 is 9.84 Å². The Morgan fingerprint density at radius 1 is 1.44 bits per heavy atom. The number of carbonyl (C=O) groups is 1. The van der Waals surface area contributed by atoms with E-state index in [2.05, 4.69) is 31.9 Å². The molecule has 1 rings (SSSR count). The number of ether oxygens (including phenoxy) is 1. The largest absolute Gasteiger partial charge is 0.427 e. The molecular weight excluding hydrogens is 347 g/mol. The van der Waals surface area contributed by atoms with E-state index in [-0.39, 0.29) is 0 Å². The number of hydrogen-bond donors (Lipinski definition) is 1. The van der Waals surface area contributed by atoms with E-state index in [4.69, 9.17) is 4.74 Å². The second kappa shape index (κ2) is 5.25. The van der Waals surface area contributed by atoms with Crippen LogP contribution < -0.4 is 4.74 Å². The number of esters is 1. The zero-order chi connectivity index (χ0) is 12.3. The van der Waals surface area contributed by atoms with Gasteiger partial charge in [-0.2, -0.15) is 0 Å². The van der Waals surface area contributed by atoms with Crippen LogP contribution in [0.4, 0.5) is 4.39 Å². The van der Waals surface area contributed by atoms with Crippen molar-refractivity contribution in [1.82, 2.24) is 0 Å². The number of hydrogen-bond acceptors (Lipinski definition) is 3. The van der Waals surface area contributed by atoms with Crippen LogP contribution in [0.2, 0.25) is 0 Å². The maximum atomic E-state index is 13.3. The summed E-state index contributed by atoms with van der Waals surface area (Å²) in [6, 6.07) is 5.90. The van der Waals surface area contributed by atoms with Gasteiger partial charge in [-0.15, -0.1) is 0 Å². The molecule has 0 aromatic heterocycles. The van der Waals surface area contributed by atoms with E-state index >= 15 is 0 Å². The first-order chi connectivity index (χ1) is 7.30. The maximum Gasteiger partial charge on any atom is 0.308 e. The summed E-state index contributed by atoms with van der Waals surface area (Å²) in [4.78, 5) is 10.6. The van der Waals surface area contributed by atoms with E-state index in [1.807, 2.05) is 0 Å². The van der Waals surface area contributed by atoms with Crippen LogP contribution >= 0.6 is 31.9 Å². The summed E-state index contributed by atoms with van der Waals surface area (Å²) in [5.41, 5.74) is 0.354. The molecule has 0 spiro atoms. The lowest BCUT2D eigenvalue weighted by molar-refractivity contribution is -0.131. The monoisotopic (exact) mass is 354 g/mol. The molecule has 1 unspecified atom stereocenters. The fraction of sp³-hybridized carbons (Fsp3) is 0.300. The van der Waals surface area contributed by atoms with Crippen LogP contribution in [0.15, 0.2) is 24.3 Å². The van der Waals surface area contributed by atoms with Gasteiger partial charge in [-0.3, -0.25) is 4.79 Å². The molecule has 0 aliphatic carbocycles. The van der Waals surface area contributed by atoms with Gasteiger partial charge in [0.05, 0.1) is 0 Å². The highest BCUT2D eigenvalue weighted by Crippen LogP contribution is 2.40. The number of benzene rings is 1. The van der Waals surface area contributed by atoms with Crippen molar-refractivity contribution in [2.75, 3.05) is 0 Å². The lowest BCUT2D eigenvalue weighted by Crippen LogP contribution is -2.16. The first-order valence-corrected chi connectivity index (χ1v) is 5.92. The molecule has 0 saturated heterocycles. The molecule has 16 heavy (non-hydrogen) atoms. The van der Waals surface area contributed by atoms with Crippen LogP contribution in [0.3, 0.4) is 0 Å². The molecule has 0 bridgehead atoms. The molecule has 0 fully saturated rings. The van der Waals surface area contributed by atoms with Gasteiger partial charge in [-0.05, 0) is 49.6 Å². The van der Waals surface area contributed by atoms with Gasteiger partial charge in [-0.25, -0.2) is 4.39 Å². The minimum absolute atomic E-state index is 0.344. The third-order valence-electron chi connectivity index (χ3n) is 1.77. The lowest BCUT2D eigenvalue weighted by atomic mass is 10.1. The summed E-state index contributed by atoms with van der Waals surface area (Å²) in [6.07, 6.45) is -1.36. The van der Waals surface area contributed by atoms with Crippen molar-refractivity contribution in [2.45, 2.75) is 16.5 Å². The predicted molar refractivity (Wildman–Crippen MR) is 64.4 cm³/mol. The van der Waals surface area contributed by atoms with E-state index in [1.165, 1.54) is 31.2 Å². The van der Waals surface area contributed by atoms with Crippen molar-refractivity contribution in [3.05, 3.63) is 29.8 Å². The standard InChI is InChI=1S/C10H9Br2FO3/c1-6(14)16-8-4-2-7(3-5-8)9(15)10(11,12)13/h2-5,9,15H,1H3. The van der Waals surface area contributed by atoms with Crippen LogP contribution in [0, 0.1) is 0 Å². The summed E-state index contributed by atoms with van der Waals surface area (Å²) in [5.74, 6) is -0.0915.